The molecule has 2 nitrogen and oxygen atoms in total. The minimum absolute atomic E-state index is 0.391. The normalized spacial score (nSPS) is 20.4. The smallest absolute Gasteiger partial charge is 0.259 e. The molecule has 1 atom stereocenters. The Hall–Kier alpha value is -1.45. The van der Waals surface area contributed by atoms with Crippen LogP contribution < -0.4 is 0 Å². The number of benzene rings is 1. The highest BCUT2D eigenvalue weighted by atomic mass is 19.1. The fourth-order valence-corrected chi connectivity index (χ4v) is 2.23. The monoisotopic (exact) mass is 239 g/mol. The minimum Gasteiger partial charge on any atom is -0.338 e. The van der Waals surface area contributed by atoms with Crippen molar-refractivity contribution < 1.29 is 13.6 Å². The second-order valence-corrected chi connectivity index (χ2v) is 4.60. The van der Waals surface area contributed by atoms with Gasteiger partial charge in [0.1, 0.15) is 17.2 Å². The number of hydrogen-bond donors (Lipinski definition) is 0. The van der Waals surface area contributed by atoms with Gasteiger partial charge in [0.2, 0.25) is 0 Å². The molecule has 0 N–H and O–H groups in total. The van der Waals surface area contributed by atoms with Gasteiger partial charge in [-0.15, -0.1) is 0 Å². The molecule has 0 spiro atoms. The van der Waals surface area contributed by atoms with E-state index in [0.717, 1.165) is 25.0 Å². The highest BCUT2D eigenvalue weighted by Gasteiger charge is 2.26. The van der Waals surface area contributed by atoms with Gasteiger partial charge in [0.05, 0.1) is 0 Å². The van der Waals surface area contributed by atoms with Crippen LogP contribution in [0.2, 0.25) is 0 Å². The van der Waals surface area contributed by atoms with E-state index in [2.05, 4.69) is 0 Å². The van der Waals surface area contributed by atoms with Crippen LogP contribution in [-0.4, -0.2) is 23.9 Å². The molecular weight excluding hydrogens is 224 g/mol. The molecule has 0 saturated carbocycles. The maximum absolute atomic E-state index is 13.5. The summed E-state index contributed by atoms with van der Waals surface area (Å²) in [7, 11) is 0. The number of halogens is 2. The first-order valence-corrected chi connectivity index (χ1v) is 5.83. The molecule has 1 amide bonds. The number of piperidine rings is 1. The molecule has 0 aromatic heterocycles. The van der Waals surface area contributed by atoms with E-state index in [0.29, 0.717) is 19.0 Å². The molecule has 4 heteroatoms. The third-order valence-electron chi connectivity index (χ3n) is 3.12. The largest absolute Gasteiger partial charge is 0.338 e. The van der Waals surface area contributed by atoms with Crippen molar-refractivity contribution in [3.05, 3.63) is 35.4 Å². The van der Waals surface area contributed by atoms with Crippen LogP contribution in [0.25, 0.3) is 0 Å². The predicted octanol–water partition coefficient (Wildman–Crippen LogP) is 2.84. The lowest BCUT2D eigenvalue weighted by Gasteiger charge is -2.31. The van der Waals surface area contributed by atoms with E-state index in [4.69, 9.17) is 0 Å². The van der Waals surface area contributed by atoms with Crippen molar-refractivity contribution in [3.8, 4) is 0 Å². The first-order valence-electron chi connectivity index (χ1n) is 5.83. The Morgan fingerprint density at radius 3 is 2.59 bits per heavy atom. The van der Waals surface area contributed by atoms with Gasteiger partial charge in [0.25, 0.3) is 5.91 Å². The molecule has 1 saturated heterocycles. The van der Waals surface area contributed by atoms with E-state index in [9.17, 15) is 13.6 Å². The molecule has 1 aromatic carbocycles. The zero-order valence-corrected chi connectivity index (χ0v) is 9.75. The highest BCUT2D eigenvalue weighted by molar-refractivity contribution is 5.94. The van der Waals surface area contributed by atoms with Crippen LogP contribution in [0.1, 0.15) is 30.1 Å². The van der Waals surface area contributed by atoms with Crippen molar-refractivity contribution in [1.29, 1.82) is 0 Å². The van der Waals surface area contributed by atoms with Crippen molar-refractivity contribution in [2.24, 2.45) is 5.92 Å². The van der Waals surface area contributed by atoms with Gasteiger partial charge >= 0.3 is 0 Å². The average Bonchev–Trinajstić information content (AvgIpc) is 2.28. The zero-order valence-electron chi connectivity index (χ0n) is 9.75. The molecule has 1 fully saturated rings. The molecule has 0 bridgehead atoms. The number of hydrogen-bond acceptors (Lipinski definition) is 1. The van der Waals surface area contributed by atoms with Crippen LogP contribution in [0, 0.1) is 17.6 Å². The number of amides is 1. The molecule has 1 aromatic rings. The number of carbonyl (C=O) groups is 1. The van der Waals surface area contributed by atoms with Crippen LogP contribution in [0.4, 0.5) is 8.78 Å². The maximum atomic E-state index is 13.5. The van der Waals surface area contributed by atoms with Gasteiger partial charge < -0.3 is 4.90 Å². The molecule has 2 rings (SSSR count). The topological polar surface area (TPSA) is 20.3 Å². The molecule has 1 aliphatic heterocycles. The lowest BCUT2D eigenvalue weighted by molar-refractivity contribution is 0.0673. The summed E-state index contributed by atoms with van der Waals surface area (Å²) in [6, 6.07) is 3.49. The van der Waals surface area contributed by atoms with Crippen LogP contribution in [0.15, 0.2) is 18.2 Å². The van der Waals surface area contributed by atoms with Crippen molar-refractivity contribution in [2.45, 2.75) is 19.8 Å². The molecule has 92 valence electrons. The average molecular weight is 239 g/mol. The van der Waals surface area contributed by atoms with Crippen LogP contribution in [0.3, 0.4) is 0 Å². The first-order chi connectivity index (χ1) is 8.09. The summed E-state index contributed by atoms with van der Waals surface area (Å²) in [5.74, 6) is -1.71. The van der Waals surface area contributed by atoms with Gasteiger partial charge in [-0.1, -0.05) is 13.0 Å². The SMILES string of the molecule is C[C@H]1CCCN(C(=O)c2c(F)cccc2F)C1. The molecule has 0 aliphatic carbocycles. The fraction of sp³-hybridized carbons (Fsp3) is 0.462. The number of rotatable bonds is 1. The molecule has 17 heavy (non-hydrogen) atoms. The Bertz CT molecular complexity index is 413. The molecule has 1 aliphatic rings. The van der Waals surface area contributed by atoms with E-state index in [1.54, 1.807) is 0 Å². The number of nitrogens with zero attached hydrogens (tertiary/aromatic N) is 1. The van der Waals surface area contributed by atoms with E-state index in [-0.39, 0.29) is 0 Å². The van der Waals surface area contributed by atoms with Crippen molar-refractivity contribution in [2.75, 3.05) is 13.1 Å². The van der Waals surface area contributed by atoms with Gasteiger partial charge in [-0.3, -0.25) is 4.79 Å². The van der Waals surface area contributed by atoms with Crippen molar-refractivity contribution in [1.82, 2.24) is 4.90 Å². The standard InChI is InChI=1S/C13H15F2NO/c1-9-4-3-7-16(8-9)13(17)12-10(14)5-2-6-11(12)15/h2,5-6,9H,3-4,7-8H2,1H3/t9-/m0/s1. The van der Waals surface area contributed by atoms with E-state index < -0.39 is 23.1 Å². The molecule has 1 heterocycles. The third kappa shape index (κ3) is 2.46. The van der Waals surface area contributed by atoms with Crippen molar-refractivity contribution >= 4 is 5.91 Å². The Morgan fingerprint density at radius 1 is 1.35 bits per heavy atom. The first kappa shape index (κ1) is 12.0. The summed E-state index contributed by atoms with van der Waals surface area (Å²) in [6.07, 6.45) is 1.95. The summed E-state index contributed by atoms with van der Waals surface area (Å²) in [5.41, 5.74) is -0.429. The van der Waals surface area contributed by atoms with Gasteiger partial charge in [-0.2, -0.15) is 0 Å². The van der Waals surface area contributed by atoms with Crippen LogP contribution in [-0.2, 0) is 0 Å². The Labute approximate surface area is 99.2 Å². The fourth-order valence-electron chi connectivity index (χ4n) is 2.23. The van der Waals surface area contributed by atoms with E-state index >= 15 is 0 Å². The van der Waals surface area contributed by atoms with Gasteiger partial charge in [0, 0.05) is 13.1 Å². The lowest BCUT2D eigenvalue weighted by Crippen LogP contribution is -2.39. The van der Waals surface area contributed by atoms with Gasteiger partial charge in [-0.25, -0.2) is 8.78 Å². The Morgan fingerprint density at radius 2 is 2.00 bits per heavy atom. The second kappa shape index (κ2) is 4.82. The van der Waals surface area contributed by atoms with Crippen molar-refractivity contribution in [3.63, 3.8) is 0 Å². The summed E-state index contributed by atoms with van der Waals surface area (Å²) >= 11 is 0. The summed E-state index contributed by atoms with van der Waals surface area (Å²) in [5, 5.41) is 0. The highest BCUT2D eigenvalue weighted by Crippen LogP contribution is 2.20. The molecular formula is C13H15F2NO. The predicted molar refractivity (Wildman–Crippen MR) is 60.7 cm³/mol. The van der Waals surface area contributed by atoms with Gasteiger partial charge in [-0.05, 0) is 30.9 Å². The number of likely N-dealkylation sites (tertiary alicyclic amines) is 1. The zero-order chi connectivity index (χ0) is 12.4. The van der Waals surface area contributed by atoms with E-state index in [1.165, 1.54) is 11.0 Å². The quantitative estimate of drug-likeness (QED) is 0.738. The Kier molecular flexibility index (Phi) is 3.41. The maximum Gasteiger partial charge on any atom is 0.259 e. The summed E-state index contributed by atoms with van der Waals surface area (Å²) in [6.45, 7) is 3.20. The van der Waals surface area contributed by atoms with E-state index in [1.807, 2.05) is 6.92 Å². The van der Waals surface area contributed by atoms with Crippen LogP contribution in [0.5, 0.6) is 0 Å². The number of carbonyl (C=O) groups excluding carboxylic acids is 1. The Balaban J connectivity index is 2.24. The molecule has 0 unspecified atom stereocenters. The lowest BCUT2D eigenvalue weighted by atomic mass is 9.99. The van der Waals surface area contributed by atoms with Crippen LogP contribution >= 0.6 is 0 Å². The summed E-state index contributed by atoms with van der Waals surface area (Å²) in [4.78, 5) is 13.6. The third-order valence-corrected chi connectivity index (χ3v) is 3.12. The summed E-state index contributed by atoms with van der Waals surface area (Å²) < 4.78 is 26.9. The van der Waals surface area contributed by atoms with Gasteiger partial charge in [0.15, 0.2) is 0 Å². The second-order valence-electron chi connectivity index (χ2n) is 4.60. The molecule has 0 radical (unpaired) electrons. The minimum atomic E-state index is -0.784.